The zero-order valence-electron chi connectivity index (χ0n) is 16.0. The first-order chi connectivity index (χ1) is 14.1. The fourth-order valence-corrected chi connectivity index (χ4v) is 4.10. The number of carbonyl (C=O) groups is 1. The van der Waals surface area contributed by atoms with E-state index < -0.39 is 0 Å². The zero-order chi connectivity index (χ0) is 20.2. The van der Waals surface area contributed by atoms with Crippen molar-refractivity contribution in [1.82, 2.24) is 9.80 Å². The van der Waals surface area contributed by atoms with Gasteiger partial charge in [0.05, 0.1) is 6.04 Å². The number of rotatable bonds is 4. The zero-order valence-corrected chi connectivity index (χ0v) is 17.5. The van der Waals surface area contributed by atoms with Gasteiger partial charge in [0.15, 0.2) is 0 Å². The van der Waals surface area contributed by atoms with E-state index in [-0.39, 0.29) is 11.9 Å². The molecule has 4 rings (SSSR count). The normalized spacial score (nSPS) is 15.9. The van der Waals surface area contributed by atoms with Crippen molar-refractivity contribution in [3.05, 3.63) is 106 Å². The molecule has 0 saturated carbocycles. The summed E-state index contributed by atoms with van der Waals surface area (Å²) in [5.41, 5.74) is 3.13. The molecule has 148 valence electrons. The van der Waals surface area contributed by atoms with E-state index in [0.717, 1.165) is 18.1 Å². The highest BCUT2D eigenvalue weighted by atomic mass is 35.5. The molecule has 1 fully saturated rings. The van der Waals surface area contributed by atoms with Crippen LogP contribution in [0.4, 0.5) is 0 Å². The van der Waals surface area contributed by atoms with Crippen LogP contribution in [-0.2, 0) is 0 Å². The van der Waals surface area contributed by atoms with E-state index in [9.17, 15) is 4.79 Å². The number of amides is 1. The van der Waals surface area contributed by atoms with Gasteiger partial charge in [0.2, 0.25) is 0 Å². The summed E-state index contributed by atoms with van der Waals surface area (Å²) in [6.07, 6.45) is 0. The molecular formula is C24H22Cl2N2O. The van der Waals surface area contributed by atoms with Gasteiger partial charge in [-0.1, -0.05) is 65.7 Å². The highest BCUT2D eigenvalue weighted by molar-refractivity contribution is 6.30. The Bertz CT molecular complexity index is 950. The van der Waals surface area contributed by atoms with Crippen molar-refractivity contribution in [2.24, 2.45) is 0 Å². The molecule has 1 aliphatic rings. The molecule has 1 aliphatic heterocycles. The first-order valence-corrected chi connectivity index (χ1v) is 10.5. The monoisotopic (exact) mass is 424 g/mol. The Morgan fingerprint density at radius 3 is 1.79 bits per heavy atom. The van der Waals surface area contributed by atoms with Crippen LogP contribution in [0.1, 0.15) is 27.5 Å². The van der Waals surface area contributed by atoms with E-state index >= 15 is 0 Å². The largest absolute Gasteiger partial charge is 0.336 e. The number of hydrogen-bond donors (Lipinski definition) is 0. The van der Waals surface area contributed by atoms with Gasteiger partial charge in [0.25, 0.3) is 5.91 Å². The summed E-state index contributed by atoms with van der Waals surface area (Å²) in [5, 5.41) is 1.37. The molecule has 0 aromatic heterocycles. The minimum atomic E-state index is 0.0593. The average Bonchev–Trinajstić information content (AvgIpc) is 2.77. The minimum Gasteiger partial charge on any atom is -0.336 e. The van der Waals surface area contributed by atoms with Crippen LogP contribution in [-0.4, -0.2) is 41.9 Å². The van der Waals surface area contributed by atoms with Crippen molar-refractivity contribution in [2.75, 3.05) is 26.2 Å². The topological polar surface area (TPSA) is 23.6 Å². The molecular weight excluding hydrogens is 403 g/mol. The minimum absolute atomic E-state index is 0.0593. The summed E-state index contributed by atoms with van der Waals surface area (Å²) in [5.74, 6) is 0.0593. The molecule has 0 spiro atoms. The van der Waals surface area contributed by atoms with Crippen LogP contribution in [0.15, 0.2) is 78.9 Å². The molecule has 3 nitrogen and oxygen atoms in total. The summed E-state index contributed by atoms with van der Waals surface area (Å²) in [6, 6.07) is 25.8. The number of halogens is 2. The van der Waals surface area contributed by atoms with Crippen LogP contribution in [0, 0.1) is 0 Å². The second-order valence-electron chi connectivity index (χ2n) is 7.20. The quantitative estimate of drug-likeness (QED) is 0.548. The van der Waals surface area contributed by atoms with Crippen LogP contribution < -0.4 is 0 Å². The number of nitrogens with zero attached hydrogens (tertiary/aromatic N) is 2. The molecule has 0 bridgehead atoms. The average molecular weight is 425 g/mol. The maximum atomic E-state index is 12.8. The molecule has 29 heavy (non-hydrogen) atoms. The number of carbonyl (C=O) groups excluding carboxylic acids is 1. The summed E-state index contributed by atoms with van der Waals surface area (Å²) < 4.78 is 0. The third-order valence-electron chi connectivity index (χ3n) is 5.36. The summed E-state index contributed by atoms with van der Waals surface area (Å²) in [6.45, 7) is 3.00. The van der Waals surface area contributed by atoms with Crippen LogP contribution in [0.2, 0.25) is 10.0 Å². The van der Waals surface area contributed by atoms with Gasteiger partial charge >= 0.3 is 0 Å². The van der Waals surface area contributed by atoms with Gasteiger partial charge in [-0.05, 0) is 47.5 Å². The standard InChI is InChI=1S/C24H22Cl2N2O/c25-21-10-6-19(7-11-21)23(18-4-2-1-3-5-18)27-14-16-28(17-15-27)24(29)20-8-12-22(26)13-9-20/h1-13,23H,14-17H2/t23-/m0/s1. The summed E-state index contributed by atoms with van der Waals surface area (Å²) in [4.78, 5) is 17.2. The Morgan fingerprint density at radius 2 is 1.21 bits per heavy atom. The Morgan fingerprint density at radius 1 is 0.690 bits per heavy atom. The molecule has 1 saturated heterocycles. The number of hydrogen-bond acceptors (Lipinski definition) is 2. The molecule has 3 aromatic carbocycles. The highest BCUT2D eigenvalue weighted by Gasteiger charge is 2.28. The van der Waals surface area contributed by atoms with Crippen molar-refractivity contribution >= 4 is 29.1 Å². The van der Waals surface area contributed by atoms with E-state index in [4.69, 9.17) is 23.2 Å². The Hall–Kier alpha value is -2.33. The predicted molar refractivity (Wildman–Crippen MR) is 119 cm³/mol. The van der Waals surface area contributed by atoms with Crippen LogP contribution in [0.3, 0.4) is 0 Å². The van der Waals surface area contributed by atoms with E-state index in [0.29, 0.717) is 23.7 Å². The van der Waals surface area contributed by atoms with E-state index in [1.807, 2.05) is 23.1 Å². The molecule has 1 amide bonds. The van der Waals surface area contributed by atoms with Gasteiger partial charge in [0, 0.05) is 41.8 Å². The van der Waals surface area contributed by atoms with E-state index in [1.54, 1.807) is 24.3 Å². The van der Waals surface area contributed by atoms with Gasteiger partial charge in [-0.25, -0.2) is 0 Å². The molecule has 0 radical (unpaired) electrons. The van der Waals surface area contributed by atoms with E-state index in [2.05, 4.69) is 41.3 Å². The summed E-state index contributed by atoms with van der Waals surface area (Å²) >= 11 is 12.0. The lowest BCUT2D eigenvalue weighted by molar-refractivity contribution is 0.0597. The number of benzene rings is 3. The van der Waals surface area contributed by atoms with Gasteiger partial charge < -0.3 is 4.90 Å². The Labute approximate surface area is 181 Å². The van der Waals surface area contributed by atoms with Crippen LogP contribution >= 0.6 is 23.2 Å². The fraction of sp³-hybridized carbons (Fsp3) is 0.208. The Kier molecular flexibility index (Phi) is 6.19. The molecule has 0 aliphatic carbocycles. The van der Waals surface area contributed by atoms with Crippen LogP contribution in [0.5, 0.6) is 0 Å². The lowest BCUT2D eigenvalue weighted by Crippen LogP contribution is -2.49. The van der Waals surface area contributed by atoms with Gasteiger partial charge in [0.1, 0.15) is 0 Å². The molecule has 3 aromatic rings. The Balaban J connectivity index is 1.51. The van der Waals surface area contributed by atoms with Gasteiger partial charge in [-0.3, -0.25) is 9.69 Å². The maximum Gasteiger partial charge on any atom is 0.253 e. The highest BCUT2D eigenvalue weighted by Crippen LogP contribution is 2.30. The smallest absolute Gasteiger partial charge is 0.253 e. The second-order valence-corrected chi connectivity index (χ2v) is 8.07. The third-order valence-corrected chi connectivity index (χ3v) is 5.86. The number of piperazine rings is 1. The fourth-order valence-electron chi connectivity index (χ4n) is 3.85. The van der Waals surface area contributed by atoms with Gasteiger partial charge in [-0.2, -0.15) is 0 Å². The van der Waals surface area contributed by atoms with E-state index in [1.165, 1.54) is 11.1 Å². The first-order valence-electron chi connectivity index (χ1n) is 9.71. The molecule has 1 heterocycles. The first kappa shape index (κ1) is 20.0. The van der Waals surface area contributed by atoms with Crippen molar-refractivity contribution < 1.29 is 4.79 Å². The second kappa shape index (κ2) is 9.00. The van der Waals surface area contributed by atoms with Crippen molar-refractivity contribution in [3.8, 4) is 0 Å². The summed E-state index contributed by atoms with van der Waals surface area (Å²) in [7, 11) is 0. The molecule has 0 N–H and O–H groups in total. The van der Waals surface area contributed by atoms with Gasteiger partial charge in [-0.15, -0.1) is 0 Å². The lowest BCUT2D eigenvalue weighted by Gasteiger charge is -2.39. The predicted octanol–water partition coefficient (Wildman–Crippen LogP) is 5.54. The molecule has 0 unspecified atom stereocenters. The van der Waals surface area contributed by atoms with Crippen LogP contribution in [0.25, 0.3) is 0 Å². The van der Waals surface area contributed by atoms with Crippen molar-refractivity contribution in [2.45, 2.75) is 6.04 Å². The van der Waals surface area contributed by atoms with Crippen molar-refractivity contribution in [1.29, 1.82) is 0 Å². The molecule has 1 atom stereocenters. The molecule has 5 heteroatoms. The maximum absolute atomic E-state index is 12.8. The third kappa shape index (κ3) is 4.64. The lowest BCUT2D eigenvalue weighted by atomic mass is 9.96. The SMILES string of the molecule is O=C(c1ccc(Cl)cc1)N1CCN([C@@H](c2ccccc2)c2ccc(Cl)cc2)CC1. The van der Waals surface area contributed by atoms with Crippen molar-refractivity contribution in [3.63, 3.8) is 0 Å².